The van der Waals surface area contributed by atoms with E-state index in [1.165, 1.54) is 0 Å². The first-order valence-corrected chi connectivity index (χ1v) is 6.38. The Morgan fingerprint density at radius 1 is 1.56 bits per heavy atom. The number of halogens is 1. The average Bonchev–Trinajstić information content (AvgIpc) is 2.67. The number of ether oxygens (including phenoxy) is 1. The number of aromatic nitrogens is 2. The Morgan fingerprint density at radius 3 is 2.78 bits per heavy atom. The minimum atomic E-state index is -0.665. The Hall–Kier alpha value is -0.620. The Labute approximate surface area is 113 Å². The third-order valence-electron chi connectivity index (χ3n) is 2.84. The van der Waals surface area contributed by atoms with Gasteiger partial charge in [0.15, 0.2) is 0 Å². The topological polar surface area (TPSA) is 50.5 Å². The maximum absolute atomic E-state index is 10.3. The van der Waals surface area contributed by atoms with Gasteiger partial charge < -0.3 is 14.7 Å². The number of hydrogen-bond donors (Lipinski definition) is 1. The molecule has 1 rings (SSSR count). The van der Waals surface area contributed by atoms with E-state index in [-0.39, 0.29) is 5.92 Å². The van der Waals surface area contributed by atoms with Gasteiger partial charge in [0.2, 0.25) is 0 Å². The van der Waals surface area contributed by atoms with Crippen LogP contribution in [0.4, 0.5) is 0 Å². The van der Waals surface area contributed by atoms with Gasteiger partial charge in [-0.25, -0.2) is 0 Å². The number of aliphatic hydroxyl groups is 1. The number of rotatable bonds is 7. The zero-order valence-electron chi connectivity index (χ0n) is 11.4. The van der Waals surface area contributed by atoms with Gasteiger partial charge in [-0.2, -0.15) is 5.10 Å². The lowest BCUT2D eigenvalue weighted by Crippen LogP contribution is -2.23. The van der Waals surface area contributed by atoms with E-state index >= 15 is 0 Å². The molecular formula is C12H22ClN3O2. The molecule has 0 bridgehead atoms. The van der Waals surface area contributed by atoms with Gasteiger partial charge in [-0.15, -0.1) is 0 Å². The molecule has 0 amide bonds. The lowest BCUT2D eigenvalue weighted by molar-refractivity contribution is 0.0509. The summed E-state index contributed by atoms with van der Waals surface area (Å²) in [6, 6.07) is 0. The predicted molar refractivity (Wildman–Crippen MR) is 71.8 cm³/mol. The SMILES string of the molecule is COCC(C)C(O)c1c(Cl)cnn1CCN(C)C. The molecule has 1 aromatic rings. The molecule has 1 N–H and O–H groups in total. The number of hydrogen-bond acceptors (Lipinski definition) is 4. The molecule has 5 nitrogen and oxygen atoms in total. The minimum Gasteiger partial charge on any atom is -0.386 e. The molecule has 0 aliphatic rings. The van der Waals surface area contributed by atoms with Crippen LogP contribution >= 0.6 is 11.6 Å². The number of aliphatic hydroxyl groups excluding tert-OH is 1. The fourth-order valence-electron chi connectivity index (χ4n) is 1.76. The molecule has 104 valence electrons. The largest absolute Gasteiger partial charge is 0.386 e. The third-order valence-corrected chi connectivity index (χ3v) is 3.13. The lowest BCUT2D eigenvalue weighted by Gasteiger charge is -2.20. The van der Waals surface area contributed by atoms with Crippen LogP contribution in [0.2, 0.25) is 5.02 Å². The first-order valence-electron chi connectivity index (χ1n) is 6.00. The lowest BCUT2D eigenvalue weighted by atomic mass is 10.0. The predicted octanol–water partition coefficient (Wildman–Crippen LogP) is 1.41. The Bertz CT molecular complexity index is 368. The highest BCUT2D eigenvalue weighted by molar-refractivity contribution is 6.31. The van der Waals surface area contributed by atoms with E-state index in [2.05, 4.69) is 10.00 Å². The summed E-state index contributed by atoms with van der Waals surface area (Å²) >= 11 is 6.10. The van der Waals surface area contributed by atoms with E-state index in [1.54, 1.807) is 18.0 Å². The summed E-state index contributed by atoms with van der Waals surface area (Å²) in [5, 5.41) is 15.0. The van der Waals surface area contributed by atoms with Gasteiger partial charge in [0, 0.05) is 19.6 Å². The van der Waals surface area contributed by atoms with Crippen molar-refractivity contribution in [3.8, 4) is 0 Å². The summed E-state index contributed by atoms with van der Waals surface area (Å²) < 4.78 is 6.82. The fraction of sp³-hybridized carbons (Fsp3) is 0.750. The molecule has 0 radical (unpaired) electrons. The summed E-state index contributed by atoms with van der Waals surface area (Å²) in [6.07, 6.45) is 0.914. The van der Waals surface area contributed by atoms with Crippen LogP contribution in [0.3, 0.4) is 0 Å². The van der Waals surface area contributed by atoms with Crippen molar-refractivity contribution in [3.05, 3.63) is 16.9 Å². The Balaban J connectivity index is 2.82. The fourth-order valence-corrected chi connectivity index (χ4v) is 2.02. The van der Waals surface area contributed by atoms with Crippen LogP contribution < -0.4 is 0 Å². The molecule has 0 spiro atoms. The minimum absolute atomic E-state index is 0.0256. The molecule has 0 saturated carbocycles. The van der Waals surface area contributed by atoms with Gasteiger partial charge in [-0.1, -0.05) is 18.5 Å². The molecule has 0 saturated heterocycles. The van der Waals surface area contributed by atoms with Crippen LogP contribution in [0.15, 0.2) is 6.20 Å². The highest BCUT2D eigenvalue weighted by Crippen LogP contribution is 2.28. The van der Waals surface area contributed by atoms with Crippen molar-refractivity contribution in [3.63, 3.8) is 0 Å². The van der Waals surface area contributed by atoms with E-state index in [1.807, 2.05) is 21.0 Å². The molecule has 1 heterocycles. The molecule has 1 aromatic heterocycles. The molecule has 0 aromatic carbocycles. The summed E-state index contributed by atoms with van der Waals surface area (Å²) in [6.45, 7) is 3.95. The zero-order valence-corrected chi connectivity index (χ0v) is 12.2. The maximum atomic E-state index is 10.3. The molecular weight excluding hydrogens is 254 g/mol. The smallest absolute Gasteiger partial charge is 0.102 e. The standard InChI is InChI=1S/C12H22ClN3O2/c1-9(8-18-4)12(17)11-10(13)7-14-16(11)6-5-15(2)3/h7,9,12,17H,5-6,8H2,1-4H3. The molecule has 18 heavy (non-hydrogen) atoms. The van der Waals surface area contributed by atoms with Crippen molar-refractivity contribution in [2.75, 3.05) is 34.4 Å². The van der Waals surface area contributed by atoms with Gasteiger partial charge in [0.05, 0.1) is 30.1 Å². The van der Waals surface area contributed by atoms with Gasteiger partial charge >= 0.3 is 0 Å². The first kappa shape index (κ1) is 15.4. The van der Waals surface area contributed by atoms with E-state index < -0.39 is 6.10 Å². The quantitative estimate of drug-likeness (QED) is 0.818. The maximum Gasteiger partial charge on any atom is 0.102 e. The van der Waals surface area contributed by atoms with E-state index in [0.717, 1.165) is 6.54 Å². The third kappa shape index (κ3) is 3.95. The van der Waals surface area contributed by atoms with Crippen LogP contribution in [-0.2, 0) is 11.3 Å². The van der Waals surface area contributed by atoms with Crippen LogP contribution in [0.5, 0.6) is 0 Å². The number of methoxy groups -OCH3 is 1. The van der Waals surface area contributed by atoms with Gasteiger partial charge in [-0.3, -0.25) is 4.68 Å². The van der Waals surface area contributed by atoms with Crippen molar-refractivity contribution in [2.24, 2.45) is 5.92 Å². The second kappa shape index (κ2) is 7.09. The molecule has 0 fully saturated rings. The molecule has 0 aliphatic heterocycles. The Kier molecular flexibility index (Phi) is 6.08. The van der Waals surface area contributed by atoms with Gasteiger partial charge in [0.25, 0.3) is 0 Å². The molecule has 6 heteroatoms. The molecule has 0 aliphatic carbocycles. The highest BCUT2D eigenvalue weighted by atomic mass is 35.5. The van der Waals surface area contributed by atoms with Gasteiger partial charge in [-0.05, 0) is 14.1 Å². The van der Waals surface area contributed by atoms with Crippen LogP contribution in [0.25, 0.3) is 0 Å². The molecule has 2 unspecified atom stereocenters. The van der Waals surface area contributed by atoms with Crippen molar-refractivity contribution in [1.29, 1.82) is 0 Å². The summed E-state index contributed by atoms with van der Waals surface area (Å²) in [5.74, 6) is -0.0256. The second-order valence-corrected chi connectivity index (χ2v) is 5.19. The summed E-state index contributed by atoms with van der Waals surface area (Å²) in [4.78, 5) is 2.06. The van der Waals surface area contributed by atoms with Crippen molar-refractivity contribution in [1.82, 2.24) is 14.7 Å². The Morgan fingerprint density at radius 2 is 2.22 bits per heavy atom. The van der Waals surface area contributed by atoms with Crippen molar-refractivity contribution in [2.45, 2.75) is 19.6 Å². The van der Waals surface area contributed by atoms with Gasteiger partial charge in [0.1, 0.15) is 6.10 Å². The zero-order chi connectivity index (χ0) is 13.7. The normalized spacial score (nSPS) is 15.1. The van der Waals surface area contributed by atoms with Crippen molar-refractivity contribution < 1.29 is 9.84 Å². The second-order valence-electron chi connectivity index (χ2n) is 4.78. The number of likely N-dealkylation sites (N-methyl/N-ethyl adjacent to an activating group) is 1. The highest BCUT2D eigenvalue weighted by Gasteiger charge is 2.23. The van der Waals surface area contributed by atoms with E-state index in [0.29, 0.717) is 23.9 Å². The number of nitrogens with zero attached hydrogens (tertiary/aromatic N) is 3. The van der Waals surface area contributed by atoms with Crippen LogP contribution in [-0.4, -0.2) is 54.1 Å². The summed E-state index contributed by atoms with van der Waals surface area (Å²) in [5.41, 5.74) is 0.670. The van der Waals surface area contributed by atoms with Crippen LogP contribution in [0.1, 0.15) is 18.7 Å². The average molecular weight is 276 g/mol. The van der Waals surface area contributed by atoms with E-state index in [9.17, 15) is 5.11 Å². The van der Waals surface area contributed by atoms with Crippen molar-refractivity contribution >= 4 is 11.6 Å². The first-order chi connectivity index (χ1) is 8.47. The monoisotopic (exact) mass is 275 g/mol. The van der Waals surface area contributed by atoms with E-state index in [4.69, 9.17) is 16.3 Å². The van der Waals surface area contributed by atoms with Crippen LogP contribution in [0, 0.1) is 5.92 Å². The molecule has 2 atom stereocenters. The summed E-state index contributed by atoms with van der Waals surface area (Å²) in [7, 11) is 5.61.